The minimum Gasteiger partial charge on any atom is -0.462 e. The smallest absolute Gasteiger partial charge is 0.353 e. The summed E-state index contributed by atoms with van der Waals surface area (Å²) in [5.41, 5.74) is 1.36. The van der Waals surface area contributed by atoms with Crippen LogP contribution in [0.1, 0.15) is 22.8 Å². The number of benzene rings is 1. The maximum absolute atomic E-state index is 11.9. The van der Waals surface area contributed by atoms with Crippen LogP contribution >= 0.6 is 0 Å². The second-order valence-corrected chi connectivity index (χ2v) is 5.95. The number of aryl methyl sites for hydroxylation is 1. The maximum Gasteiger partial charge on any atom is 0.353 e. The second-order valence-electron chi connectivity index (χ2n) is 5.95. The van der Waals surface area contributed by atoms with E-state index in [4.69, 9.17) is 4.74 Å². The highest BCUT2D eigenvalue weighted by molar-refractivity contribution is 5.91. The van der Waals surface area contributed by atoms with Crippen LogP contribution in [0.4, 0.5) is 28.8 Å². The summed E-state index contributed by atoms with van der Waals surface area (Å²) in [4.78, 5) is 35.1. The highest BCUT2D eigenvalue weighted by atomic mass is 16.6. The van der Waals surface area contributed by atoms with Crippen LogP contribution in [0, 0.1) is 17.0 Å². The largest absolute Gasteiger partial charge is 0.462 e. The predicted octanol–water partition coefficient (Wildman–Crippen LogP) is 3.75. The predicted molar refractivity (Wildman–Crippen MR) is 107 cm³/mol. The summed E-state index contributed by atoms with van der Waals surface area (Å²) < 4.78 is 4.97. The first-order valence-corrected chi connectivity index (χ1v) is 8.71. The van der Waals surface area contributed by atoms with Crippen LogP contribution in [0.25, 0.3) is 0 Å². The van der Waals surface area contributed by atoms with E-state index in [9.17, 15) is 14.9 Å². The molecule has 0 radical (unpaired) electrons. The number of pyridine rings is 1. The molecule has 10 nitrogen and oxygen atoms in total. The fourth-order valence-electron chi connectivity index (χ4n) is 2.47. The molecule has 1 aromatic carbocycles. The van der Waals surface area contributed by atoms with Gasteiger partial charge in [0.05, 0.1) is 17.1 Å². The number of ether oxygens (including phenoxy) is 1. The monoisotopic (exact) mass is 394 g/mol. The number of hydrogen-bond acceptors (Lipinski definition) is 9. The van der Waals surface area contributed by atoms with Gasteiger partial charge in [-0.2, -0.15) is 0 Å². The van der Waals surface area contributed by atoms with Crippen molar-refractivity contribution in [2.24, 2.45) is 0 Å². The number of esters is 1. The van der Waals surface area contributed by atoms with Crippen molar-refractivity contribution in [3.8, 4) is 0 Å². The van der Waals surface area contributed by atoms with Gasteiger partial charge in [-0.3, -0.25) is 10.1 Å². The molecule has 148 valence electrons. The van der Waals surface area contributed by atoms with Crippen molar-refractivity contribution in [1.29, 1.82) is 0 Å². The van der Waals surface area contributed by atoms with E-state index in [1.54, 1.807) is 37.4 Å². The van der Waals surface area contributed by atoms with Gasteiger partial charge in [0.1, 0.15) is 12.1 Å². The van der Waals surface area contributed by atoms with Gasteiger partial charge in [0.15, 0.2) is 0 Å². The normalized spacial score (nSPS) is 10.3. The summed E-state index contributed by atoms with van der Waals surface area (Å²) in [7, 11) is 0. The van der Waals surface area contributed by atoms with Crippen molar-refractivity contribution in [3.63, 3.8) is 0 Å². The van der Waals surface area contributed by atoms with Crippen molar-refractivity contribution in [1.82, 2.24) is 15.0 Å². The molecule has 0 atom stereocenters. The summed E-state index contributed by atoms with van der Waals surface area (Å²) in [6.45, 7) is 3.84. The molecule has 2 heterocycles. The lowest BCUT2D eigenvalue weighted by Gasteiger charge is -2.10. The molecule has 0 spiro atoms. The van der Waals surface area contributed by atoms with Crippen LogP contribution in [0.2, 0.25) is 0 Å². The van der Waals surface area contributed by atoms with Gasteiger partial charge in [-0.15, -0.1) is 0 Å². The minimum absolute atomic E-state index is 0.00889. The Morgan fingerprint density at radius 1 is 1.14 bits per heavy atom. The summed E-state index contributed by atoms with van der Waals surface area (Å²) in [6.07, 6.45) is 2.83. The molecule has 0 unspecified atom stereocenters. The Balaban J connectivity index is 1.92. The molecular weight excluding hydrogens is 376 g/mol. The summed E-state index contributed by atoms with van der Waals surface area (Å²) >= 11 is 0. The summed E-state index contributed by atoms with van der Waals surface area (Å²) in [5.74, 6) is -0.111. The fraction of sp³-hybridized carbons (Fsp3) is 0.158. The number of rotatable bonds is 7. The zero-order chi connectivity index (χ0) is 20.8. The zero-order valence-corrected chi connectivity index (χ0v) is 15.7. The van der Waals surface area contributed by atoms with Crippen LogP contribution in [-0.2, 0) is 4.74 Å². The second kappa shape index (κ2) is 8.74. The number of aromatic nitrogens is 3. The minimum atomic E-state index is -0.589. The summed E-state index contributed by atoms with van der Waals surface area (Å²) in [5, 5.41) is 17.4. The van der Waals surface area contributed by atoms with Crippen LogP contribution < -0.4 is 10.6 Å². The Labute approximate surface area is 166 Å². The summed E-state index contributed by atoms with van der Waals surface area (Å²) in [6, 6.07) is 9.92. The molecule has 0 fully saturated rings. The number of nitrogens with zero attached hydrogens (tertiary/aromatic N) is 4. The van der Waals surface area contributed by atoms with Crippen molar-refractivity contribution < 1.29 is 14.5 Å². The van der Waals surface area contributed by atoms with Gasteiger partial charge in [0.25, 0.3) is 0 Å². The van der Waals surface area contributed by atoms with Gasteiger partial charge in [0, 0.05) is 11.9 Å². The van der Waals surface area contributed by atoms with Crippen molar-refractivity contribution in [2.75, 3.05) is 17.2 Å². The van der Waals surface area contributed by atoms with E-state index >= 15 is 0 Å². The molecule has 2 aromatic heterocycles. The lowest BCUT2D eigenvalue weighted by atomic mass is 10.2. The number of carbonyl (C=O) groups excluding carboxylic acids is 1. The number of hydrogen-bond donors (Lipinski definition) is 2. The van der Waals surface area contributed by atoms with Gasteiger partial charge in [-0.05, 0) is 43.7 Å². The average molecular weight is 394 g/mol. The third kappa shape index (κ3) is 4.80. The third-order valence-corrected chi connectivity index (χ3v) is 3.80. The molecule has 3 rings (SSSR count). The molecular formula is C19H18N6O4. The standard InChI is InChI=1S/C19H18N6O4/c1-3-29-19(26)13-5-4-6-14(9-13)23-17-16(25(27)28)18(22-11-21-17)24-15-8-7-12(2)10-20-15/h4-11H,3H2,1-2H3,(H2,20,21,22,23,24). The molecule has 0 saturated carbocycles. The first-order valence-electron chi connectivity index (χ1n) is 8.71. The lowest BCUT2D eigenvalue weighted by molar-refractivity contribution is -0.383. The van der Waals surface area contributed by atoms with E-state index in [0.717, 1.165) is 5.56 Å². The Morgan fingerprint density at radius 3 is 2.55 bits per heavy atom. The molecule has 3 aromatic rings. The number of anilines is 4. The van der Waals surface area contributed by atoms with Gasteiger partial charge >= 0.3 is 11.7 Å². The van der Waals surface area contributed by atoms with Crippen molar-refractivity contribution >= 4 is 34.8 Å². The molecule has 0 aliphatic carbocycles. The van der Waals surface area contributed by atoms with E-state index in [1.807, 2.05) is 13.0 Å². The Bertz CT molecular complexity index is 1040. The first kappa shape index (κ1) is 19.7. The lowest BCUT2D eigenvalue weighted by Crippen LogP contribution is -2.07. The van der Waals surface area contributed by atoms with E-state index in [-0.39, 0.29) is 23.9 Å². The Morgan fingerprint density at radius 2 is 1.90 bits per heavy atom. The SMILES string of the molecule is CCOC(=O)c1cccc(Nc2ncnc(Nc3ccc(C)cn3)c2[N+](=O)[O-])c1. The average Bonchev–Trinajstić information content (AvgIpc) is 2.70. The van der Waals surface area contributed by atoms with Gasteiger partial charge in [-0.25, -0.2) is 19.7 Å². The van der Waals surface area contributed by atoms with E-state index in [1.165, 1.54) is 12.4 Å². The molecule has 2 N–H and O–H groups in total. The Hall–Kier alpha value is -4.08. The molecule has 0 amide bonds. The first-order chi connectivity index (χ1) is 14.0. The zero-order valence-electron chi connectivity index (χ0n) is 15.7. The van der Waals surface area contributed by atoms with Crippen LogP contribution in [0.3, 0.4) is 0 Å². The van der Waals surface area contributed by atoms with Crippen molar-refractivity contribution in [2.45, 2.75) is 13.8 Å². The molecule has 29 heavy (non-hydrogen) atoms. The fourth-order valence-corrected chi connectivity index (χ4v) is 2.47. The van der Waals surface area contributed by atoms with E-state index in [0.29, 0.717) is 17.1 Å². The molecule has 0 aliphatic rings. The molecule has 10 heteroatoms. The van der Waals surface area contributed by atoms with E-state index in [2.05, 4.69) is 25.6 Å². The third-order valence-electron chi connectivity index (χ3n) is 3.80. The topological polar surface area (TPSA) is 132 Å². The molecule has 0 saturated heterocycles. The van der Waals surface area contributed by atoms with Gasteiger partial charge < -0.3 is 15.4 Å². The number of nitrogens with one attached hydrogen (secondary N) is 2. The van der Waals surface area contributed by atoms with Gasteiger partial charge in [-0.1, -0.05) is 12.1 Å². The Kier molecular flexibility index (Phi) is 5.93. The number of carbonyl (C=O) groups is 1. The number of nitro groups is 1. The molecule has 0 aliphatic heterocycles. The highest BCUT2D eigenvalue weighted by Crippen LogP contribution is 2.32. The van der Waals surface area contributed by atoms with Gasteiger partial charge in [0.2, 0.25) is 11.6 Å². The van der Waals surface area contributed by atoms with Crippen LogP contribution in [0.5, 0.6) is 0 Å². The van der Waals surface area contributed by atoms with Crippen LogP contribution in [0.15, 0.2) is 48.9 Å². The molecule has 0 bridgehead atoms. The quantitative estimate of drug-likeness (QED) is 0.349. The van der Waals surface area contributed by atoms with Crippen LogP contribution in [-0.4, -0.2) is 32.5 Å². The maximum atomic E-state index is 11.9. The van der Waals surface area contributed by atoms with E-state index < -0.39 is 10.9 Å². The highest BCUT2D eigenvalue weighted by Gasteiger charge is 2.24. The van der Waals surface area contributed by atoms with Crippen molar-refractivity contribution in [3.05, 3.63) is 70.2 Å².